The Balaban J connectivity index is 2.02. The fourth-order valence-corrected chi connectivity index (χ4v) is 2.54. The molecule has 102 valence electrons. The van der Waals surface area contributed by atoms with Gasteiger partial charge in [-0.2, -0.15) is 0 Å². The molecule has 0 radical (unpaired) electrons. The molecule has 0 spiro atoms. The molecule has 2 aromatic rings. The summed E-state index contributed by atoms with van der Waals surface area (Å²) >= 11 is 1.63. The van der Waals surface area contributed by atoms with Crippen LogP contribution in [0, 0.1) is 0 Å². The Bertz CT molecular complexity index is 527. The first kappa shape index (κ1) is 13.9. The van der Waals surface area contributed by atoms with Gasteiger partial charge in [-0.1, -0.05) is 17.8 Å². The molecule has 2 aromatic heterocycles. The molecule has 2 rings (SSSR count). The molecule has 2 heterocycles. The van der Waals surface area contributed by atoms with Crippen LogP contribution in [0.1, 0.15) is 32.5 Å². The van der Waals surface area contributed by atoms with Gasteiger partial charge in [-0.05, 0) is 26.8 Å². The van der Waals surface area contributed by atoms with Crippen molar-refractivity contribution < 1.29 is 4.74 Å². The van der Waals surface area contributed by atoms with Crippen molar-refractivity contribution in [2.45, 2.75) is 37.7 Å². The summed E-state index contributed by atoms with van der Waals surface area (Å²) in [6.45, 7) is 6.81. The van der Waals surface area contributed by atoms with Crippen LogP contribution in [-0.2, 0) is 5.75 Å². The van der Waals surface area contributed by atoms with Crippen LogP contribution >= 0.6 is 11.8 Å². The summed E-state index contributed by atoms with van der Waals surface area (Å²) in [5.74, 6) is 1.43. The van der Waals surface area contributed by atoms with Gasteiger partial charge in [0, 0.05) is 17.9 Å². The molecule has 0 atom stereocenters. The van der Waals surface area contributed by atoms with Crippen LogP contribution in [0.4, 0.5) is 0 Å². The number of hydrogen-bond acceptors (Lipinski definition) is 5. The Morgan fingerprint density at radius 1 is 1.37 bits per heavy atom. The predicted octanol–water partition coefficient (Wildman–Crippen LogP) is 2.95. The van der Waals surface area contributed by atoms with Gasteiger partial charge >= 0.3 is 0 Å². The maximum atomic E-state index is 5.39. The van der Waals surface area contributed by atoms with Gasteiger partial charge in [-0.25, -0.2) is 4.98 Å². The molecule has 0 bridgehead atoms. The van der Waals surface area contributed by atoms with Crippen molar-refractivity contribution in [3.63, 3.8) is 0 Å². The molecule has 0 fully saturated rings. The fraction of sp³-hybridized carbons (Fsp3) is 0.462. The van der Waals surface area contributed by atoms with E-state index in [9.17, 15) is 0 Å². The zero-order chi connectivity index (χ0) is 13.7. The SMILES string of the molecule is CCOc1cccc(CSc2nncn2C(C)C)n1. The van der Waals surface area contributed by atoms with E-state index in [-0.39, 0.29) is 0 Å². The Labute approximate surface area is 117 Å². The number of nitrogens with zero attached hydrogens (tertiary/aromatic N) is 4. The first-order valence-corrected chi connectivity index (χ1v) is 7.30. The molecular weight excluding hydrogens is 260 g/mol. The zero-order valence-electron chi connectivity index (χ0n) is 11.4. The van der Waals surface area contributed by atoms with Gasteiger partial charge in [0.1, 0.15) is 6.33 Å². The first-order valence-electron chi connectivity index (χ1n) is 6.31. The van der Waals surface area contributed by atoms with Crippen molar-refractivity contribution in [1.29, 1.82) is 0 Å². The third kappa shape index (κ3) is 3.70. The van der Waals surface area contributed by atoms with Crippen molar-refractivity contribution >= 4 is 11.8 Å². The fourth-order valence-electron chi connectivity index (χ4n) is 1.59. The van der Waals surface area contributed by atoms with Crippen LogP contribution in [-0.4, -0.2) is 26.4 Å². The molecule has 0 aliphatic rings. The summed E-state index contributed by atoms with van der Waals surface area (Å²) in [5, 5.41) is 8.99. The Morgan fingerprint density at radius 3 is 2.95 bits per heavy atom. The number of pyridine rings is 1. The Hall–Kier alpha value is -1.56. The standard InChI is InChI=1S/C13H18N4OS/c1-4-18-12-7-5-6-11(15-12)8-19-13-16-14-9-17(13)10(2)3/h5-7,9-10H,4,8H2,1-3H3. The average Bonchev–Trinajstić information content (AvgIpc) is 2.86. The lowest BCUT2D eigenvalue weighted by Gasteiger charge is -2.09. The van der Waals surface area contributed by atoms with Gasteiger partial charge in [0.05, 0.1) is 12.3 Å². The summed E-state index contributed by atoms with van der Waals surface area (Å²) in [7, 11) is 0. The second kappa shape index (κ2) is 6.56. The van der Waals surface area contributed by atoms with E-state index >= 15 is 0 Å². The molecule has 0 unspecified atom stereocenters. The van der Waals surface area contributed by atoms with Crippen molar-refractivity contribution in [3.8, 4) is 5.88 Å². The Kier molecular flexibility index (Phi) is 4.79. The third-order valence-electron chi connectivity index (χ3n) is 2.52. The first-order chi connectivity index (χ1) is 9.20. The van der Waals surface area contributed by atoms with E-state index in [4.69, 9.17) is 4.74 Å². The van der Waals surface area contributed by atoms with E-state index in [2.05, 4.69) is 33.6 Å². The van der Waals surface area contributed by atoms with Gasteiger partial charge in [0.15, 0.2) is 5.16 Å². The minimum Gasteiger partial charge on any atom is -0.478 e. The van der Waals surface area contributed by atoms with E-state index in [1.165, 1.54) is 0 Å². The van der Waals surface area contributed by atoms with Crippen molar-refractivity contribution in [3.05, 3.63) is 30.2 Å². The minimum absolute atomic E-state index is 0.361. The highest BCUT2D eigenvalue weighted by molar-refractivity contribution is 7.98. The molecule has 0 saturated heterocycles. The van der Waals surface area contributed by atoms with Crippen molar-refractivity contribution in [2.75, 3.05) is 6.61 Å². The second-order valence-corrected chi connectivity index (χ2v) is 5.25. The van der Waals surface area contributed by atoms with Gasteiger partial charge < -0.3 is 9.30 Å². The van der Waals surface area contributed by atoms with Gasteiger partial charge in [0.2, 0.25) is 5.88 Å². The summed E-state index contributed by atoms with van der Waals surface area (Å²) in [6, 6.07) is 6.18. The number of aromatic nitrogens is 4. The summed E-state index contributed by atoms with van der Waals surface area (Å²) in [4.78, 5) is 4.44. The van der Waals surface area contributed by atoms with Crippen molar-refractivity contribution in [1.82, 2.24) is 19.7 Å². The molecule has 0 N–H and O–H groups in total. The minimum atomic E-state index is 0.361. The molecular formula is C13H18N4OS. The van der Waals surface area contributed by atoms with Gasteiger partial charge in [-0.3, -0.25) is 0 Å². The van der Waals surface area contributed by atoms with E-state index in [0.717, 1.165) is 16.6 Å². The lowest BCUT2D eigenvalue weighted by atomic mass is 10.4. The second-order valence-electron chi connectivity index (χ2n) is 4.30. The number of hydrogen-bond donors (Lipinski definition) is 0. The predicted molar refractivity (Wildman–Crippen MR) is 75.4 cm³/mol. The van der Waals surface area contributed by atoms with Gasteiger partial charge in [0.25, 0.3) is 0 Å². The summed E-state index contributed by atoms with van der Waals surface area (Å²) in [6.07, 6.45) is 1.76. The lowest BCUT2D eigenvalue weighted by Crippen LogP contribution is -2.01. The molecule has 6 heteroatoms. The van der Waals surface area contributed by atoms with E-state index in [1.54, 1.807) is 18.1 Å². The Morgan fingerprint density at radius 2 is 2.21 bits per heavy atom. The van der Waals surface area contributed by atoms with E-state index < -0.39 is 0 Å². The van der Waals surface area contributed by atoms with Crippen LogP contribution in [0.2, 0.25) is 0 Å². The average molecular weight is 278 g/mol. The molecule has 0 saturated carbocycles. The maximum absolute atomic E-state index is 5.39. The zero-order valence-corrected chi connectivity index (χ0v) is 12.2. The number of rotatable bonds is 6. The molecule has 0 aliphatic carbocycles. The molecule has 0 aromatic carbocycles. The van der Waals surface area contributed by atoms with Crippen LogP contribution in [0.5, 0.6) is 5.88 Å². The van der Waals surface area contributed by atoms with Crippen LogP contribution in [0.15, 0.2) is 29.7 Å². The van der Waals surface area contributed by atoms with Crippen LogP contribution < -0.4 is 4.74 Å². The topological polar surface area (TPSA) is 52.8 Å². The highest BCUT2D eigenvalue weighted by Crippen LogP contribution is 2.23. The normalized spacial score (nSPS) is 10.9. The largest absolute Gasteiger partial charge is 0.478 e. The molecule has 19 heavy (non-hydrogen) atoms. The molecule has 5 nitrogen and oxygen atoms in total. The molecule has 0 amide bonds. The maximum Gasteiger partial charge on any atom is 0.213 e. The highest BCUT2D eigenvalue weighted by atomic mass is 32.2. The molecule has 0 aliphatic heterocycles. The summed E-state index contributed by atoms with van der Waals surface area (Å²) in [5.41, 5.74) is 0.981. The van der Waals surface area contributed by atoms with Gasteiger partial charge in [-0.15, -0.1) is 10.2 Å². The quantitative estimate of drug-likeness (QED) is 0.760. The number of ether oxygens (including phenoxy) is 1. The van der Waals surface area contributed by atoms with E-state index in [1.807, 2.05) is 25.1 Å². The number of thioether (sulfide) groups is 1. The lowest BCUT2D eigenvalue weighted by molar-refractivity contribution is 0.326. The highest BCUT2D eigenvalue weighted by Gasteiger charge is 2.08. The van der Waals surface area contributed by atoms with Crippen molar-refractivity contribution in [2.24, 2.45) is 0 Å². The third-order valence-corrected chi connectivity index (χ3v) is 3.51. The summed E-state index contributed by atoms with van der Waals surface area (Å²) < 4.78 is 7.44. The van der Waals surface area contributed by atoms with Crippen LogP contribution in [0.3, 0.4) is 0 Å². The smallest absolute Gasteiger partial charge is 0.213 e. The van der Waals surface area contributed by atoms with Crippen LogP contribution in [0.25, 0.3) is 0 Å². The monoisotopic (exact) mass is 278 g/mol. The van der Waals surface area contributed by atoms with E-state index in [0.29, 0.717) is 18.5 Å².